The van der Waals surface area contributed by atoms with E-state index in [2.05, 4.69) is 25.5 Å². The van der Waals surface area contributed by atoms with Gasteiger partial charge in [-0.2, -0.15) is 15.1 Å². The zero-order valence-corrected chi connectivity index (χ0v) is 14.9. The average Bonchev–Trinajstić information content (AvgIpc) is 3.33. The molecule has 3 aromatic rings. The number of H-pyrrole nitrogens is 1. The molecular weight excluding hydrogens is 344 g/mol. The third-order valence-corrected chi connectivity index (χ3v) is 5.60. The molecule has 3 aromatic heterocycles. The van der Waals surface area contributed by atoms with Crippen molar-refractivity contribution in [3.05, 3.63) is 30.1 Å². The van der Waals surface area contributed by atoms with E-state index in [-0.39, 0.29) is 11.9 Å². The van der Waals surface area contributed by atoms with Crippen LogP contribution in [0.4, 0.5) is 17.7 Å². The van der Waals surface area contributed by atoms with Crippen molar-refractivity contribution in [2.45, 2.75) is 44.1 Å². The van der Waals surface area contributed by atoms with Crippen molar-refractivity contribution in [3.8, 4) is 0 Å². The first-order valence-electron chi connectivity index (χ1n) is 9.42. The zero-order valence-electron chi connectivity index (χ0n) is 14.9. The monoisotopic (exact) mass is 366 g/mol. The summed E-state index contributed by atoms with van der Waals surface area (Å²) in [5.74, 6) is 2.10. The van der Waals surface area contributed by atoms with E-state index in [4.69, 9.17) is 5.73 Å². The summed E-state index contributed by atoms with van der Waals surface area (Å²) < 4.78 is 1.87. The lowest BCUT2D eigenvalue weighted by Gasteiger charge is -2.23. The SMILES string of the molecule is NC(=O)[C@H]1CCCN1c1nc(Nc2cc(C3CCC3)[nH]n2)n2cccc2n1. The summed E-state index contributed by atoms with van der Waals surface area (Å²) >= 11 is 0. The molecule has 5 rings (SSSR count). The maximum absolute atomic E-state index is 11.8. The number of aromatic amines is 1. The van der Waals surface area contributed by atoms with Crippen LogP contribution < -0.4 is 16.0 Å². The van der Waals surface area contributed by atoms with Gasteiger partial charge in [-0.25, -0.2) is 0 Å². The number of fused-ring (bicyclic) bond motifs is 1. The molecule has 0 spiro atoms. The van der Waals surface area contributed by atoms with Crippen LogP contribution in [0.25, 0.3) is 5.65 Å². The minimum atomic E-state index is -0.356. The summed E-state index contributed by atoms with van der Waals surface area (Å²) in [7, 11) is 0. The second-order valence-electron chi connectivity index (χ2n) is 7.30. The van der Waals surface area contributed by atoms with E-state index < -0.39 is 0 Å². The van der Waals surface area contributed by atoms with Gasteiger partial charge in [-0.3, -0.25) is 14.3 Å². The van der Waals surface area contributed by atoms with Crippen LogP contribution in [0.15, 0.2) is 24.4 Å². The summed E-state index contributed by atoms with van der Waals surface area (Å²) in [6.45, 7) is 0.720. The number of amides is 1. The number of nitrogens with one attached hydrogen (secondary N) is 2. The molecular formula is C18H22N8O. The maximum Gasteiger partial charge on any atom is 0.240 e. The molecule has 2 fully saturated rings. The number of carbonyl (C=O) groups is 1. The molecule has 2 aliphatic rings. The minimum Gasteiger partial charge on any atom is -0.368 e. The summed E-state index contributed by atoms with van der Waals surface area (Å²) in [6.07, 6.45) is 7.24. The molecule has 1 amide bonds. The molecule has 1 saturated heterocycles. The lowest BCUT2D eigenvalue weighted by Crippen LogP contribution is -2.41. The summed E-state index contributed by atoms with van der Waals surface area (Å²) in [4.78, 5) is 22.9. The van der Waals surface area contributed by atoms with Gasteiger partial charge in [0.1, 0.15) is 11.7 Å². The lowest BCUT2D eigenvalue weighted by atomic mass is 9.83. The Labute approximate surface area is 156 Å². The number of carbonyl (C=O) groups excluding carboxylic acids is 1. The number of hydrogen-bond acceptors (Lipinski definition) is 6. The molecule has 1 aliphatic heterocycles. The number of rotatable bonds is 5. The van der Waals surface area contributed by atoms with E-state index in [0.29, 0.717) is 17.8 Å². The molecule has 0 unspecified atom stereocenters. The van der Waals surface area contributed by atoms with Gasteiger partial charge >= 0.3 is 0 Å². The van der Waals surface area contributed by atoms with E-state index in [1.807, 2.05) is 33.7 Å². The van der Waals surface area contributed by atoms with Gasteiger partial charge in [-0.1, -0.05) is 6.42 Å². The van der Waals surface area contributed by atoms with Crippen LogP contribution in [0.3, 0.4) is 0 Å². The van der Waals surface area contributed by atoms with Crippen LogP contribution >= 0.6 is 0 Å². The van der Waals surface area contributed by atoms with Crippen LogP contribution in [0.5, 0.6) is 0 Å². The Bertz CT molecular complexity index is 988. The number of nitrogens with zero attached hydrogens (tertiary/aromatic N) is 5. The van der Waals surface area contributed by atoms with Gasteiger partial charge in [-0.15, -0.1) is 0 Å². The summed E-state index contributed by atoms with van der Waals surface area (Å²) in [5, 5.41) is 10.8. The predicted molar refractivity (Wildman–Crippen MR) is 101 cm³/mol. The Morgan fingerprint density at radius 2 is 2.15 bits per heavy atom. The van der Waals surface area contributed by atoms with Gasteiger partial charge in [0.2, 0.25) is 17.8 Å². The molecule has 1 atom stereocenters. The molecule has 1 aliphatic carbocycles. The smallest absolute Gasteiger partial charge is 0.240 e. The fraction of sp³-hybridized carbons (Fsp3) is 0.444. The molecule has 4 N–H and O–H groups in total. The fourth-order valence-corrected chi connectivity index (χ4v) is 3.88. The lowest BCUT2D eigenvalue weighted by molar-refractivity contribution is -0.119. The van der Waals surface area contributed by atoms with E-state index in [1.54, 1.807) is 0 Å². The van der Waals surface area contributed by atoms with Gasteiger partial charge in [0.25, 0.3) is 0 Å². The normalized spacial score (nSPS) is 20.1. The molecule has 9 nitrogen and oxygen atoms in total. The Morgan fingerprint density at radius 1 is 1.26 bits per heavy atom. The first kappa shape index (κ1) is 16.1. The van der Waals surface area contributed by atoms with Crippen molar-refractivity contribution in [3.63, 3.8) is 0 Å². The Balaban J connectivity index is 1.48. The van der Waals surface area contributed by atoms with Gasteiger partial charge in [0, 0.05) is 30.4 Å². The number of anilines is 3. The zero-order chi connectivity index (χ0) is 18.4. The van der Waals surface area contributed by atoms with Gasteiger partial charge < -0.3 is 16.0 Å². The highest BCUT2D eigenvalue weighted by molar-refractivity contribution is 5.83. The van der Waals surface area contributed by atoms with Crippen LogP contribution in [0, 0.1) is 0 Å². The maximum atomic E-state index is 11.8. The molecule has 4 heterocycles. The second-order valence-corrected chi connectivity index (χ2v) is 7.30. The van der Waals surface area contributed by atoms with Crippen LogP contribution in [-0.4, -0.2) is 43.1 Å². The first-order valence-corrected chi connectivity index (χ1v) is 9.42. The molecule has 0 aromatic carbocycles. The third-order valence-electron chi connectivity index (χ3n) is 5.60. The number of aromatic nitrogens is 5. The molecule has 9 heteroatoms. The van der Waals surface area contributed by atoms with Crippen molar-refractivity contribution < 1.29 is 4.79 Å². The van der Waals surface area contributed by atoms with Gasteiger partial charge in [0.15, 0.2) is 5.82 Å². The average molecular weight is 366 g/mol. The highest BCUT2D eigenvalue weighted by Crippen LogP contribution is 2.36. The number of nitrogens with two attached hydrogens (primary N) is 1. The van der Waals surface area contributed by atoms with Crippen molar-refractivity contribution in [1.82, 2.24) is 24.6 Å². The first-order chi connectivity index (χ1) is 13.2. The summed E-state index contributed by atoms with van der Waals surface area (Å²) in [6, 6.07) is 5.52. The predicted octanol–water partition coefficient (Wildman–Crippen LogP) is 1.92. The Hall–Kier alpha value is -3.10. The highest BCUT2D eigenvalue weighted by Gasteiger charge is 2.31. The van der Waals surface area contributed by atoms with E-state index >= 15 is 0 Å². The molecule has 140 valence electrons. The summed E-state index contributed by atoms with van der Waals surface area (Å²) in [5.41, 5.74) is 7.48. The standard InChI is InChI=1S/C18H22N8O/c19-16(27)13-6-2-8-25(13)18-21-15-7-3-9-26(15)17(22-18)20-14-10-12(23-24-14)11-4-1-5-11/h3,7,9-11,13H,1-2,4-6,8H2,(H2,19,27)(H2,20,21,22,23,24)/t13-/m1/s1. The number of primary amides is 1. The third kappa shape index (κ3) is 2.79. The van der Waals surface area contributed by atoms with E-state index in [1.165, 1.54) is 19.3 Å². The Kier molecular flexibility index (Phi) is 3.73. The highest BCUT2D eigenvalue weighted by atomic mass is 16.1. The molecule has 0 radical (unpaired) electrons. The van der Waals surface area contributed by atoms with Crippen molar-refractivity contribution in [2.24, 2.45) is 5.73 Å². The number of hydrogen-bond donors (Lipinski definition) is 3. The minimum absolute atomic E-state index is 0.335. The molecule has 27 heavy (non-hydrogen) atoms. The van der Waals surface area contributed by atoms with Gasteiger partial charge in [0.05, 0.1) is 0 Å². The van der Waals surface area contributed by atoms with Crippen molar-refractivity contribution >= 4 is 29.3 Å². The quantitative estimate of drug-likeness (QED) is 0.635. The largest absolute Gasteiger partial charge is 0.368 e. The second kappa shape index (κ2) is 6.26. The van der Waals surface area contributed by atoms with Gasteiger partial charge in [-0.05, 0) is 37.8 Å². The topological polar surface area (TPSA) is 117 Å². The van der Waals surface area contributed by atoms with Crippen LogP contribution in [-0.2, 0) is 4.79 Å². The molecule has 1 saturated carbocycles. The van der Waals surface area contributed by atoms with Crippen LogP contribution in [0.1, 0.15) is 43.7 Å². The molecule has 0 bridgehead atoms. The fourth-order valence-electron chi connectivity index (χ4n) is 3.88. The van der Waals surface area contributed by atoms with Crippen molar-refractivity contribution in [1.29, 1.82) is 0 Å². The Morgan fingerprint density at radius 3 is 2.93 bits per heavy atom. The van der Waals surface area contributed by atoms with E-state index in [9.17, 15) is 4.79 Å². The van der Waals surface area contributed by atoms with Crippen LogP contribution in [0.2, 0.25) is 0 Å². The van der Waals surface area contributed by atoms with Crippen molar-refractivity contribution in [2.75, 3.05) is 16.8 Å². The van der Waals surface area contributed by atoms with E-state index in [0.717, 1.165) is 36.5 Å².